The Morgan fingerprint density at radius 3 is 2.63 bits per heavy atom. The summed E-state index contributed by atoms with van der Waals surface area (Å²) < 4.78 is 5.58. The summed E-state index contributed by atoms with van der Waals surface area (Å²) in [6.45, 7) is 14.9. The molecule has 8 heteroatoms. The van der Waals surface area contributed by atoms with Gasteiger partial charge in [-0.3, -0.25) is 0 Å². The van der Waals surface area contributed by atoms with Crippen LogP contribution in [-0.4, -0.2) is 92.4 Å². The molecule has 0 spiro atoms. The van der Waals surface area contributed by atoms with Crippen LogP contribution < -0.4 is 15.5 Å². The van der Waals surface area contributed by atoms with E-state index >= 15 is 0 Å². The van der Waals surface area contributed by atoms with Crippen LogP contribution >= 0.6 is 0 Å². The maximum Gasteiger partial charge on any atom is 0.315 e. The van der Waals surface area contributed by atoms with E-state index in [0.29, 0.717) is 13.1 Å². The SMILES string of the molecule is CCN1CCN(CCCCNC(=O)NCc2ccc(N3CCOC(C)C3)nc2)CC1. The molecule has 2 aliphatic heterocycles. The van der Waals surface area contributed by atoms with Crippen molar-refractivity contribution in [2.45, 2.75) is 39.3 Å². The molecule has 1 unspecified atom stereocenters. The Morgan fingerprint density at radius 1 is 1.13 bits per heavy atom. The first-order chi connectivity index (χ1) is 14.6. The van der Waals surface area contributed by atoms with Gasteiger partial charge in [0.25, 0.3) is 0 Å². The van der Waals surface area contributed by atoms with Gasteiger partial charge in [0.05, 0.1) is 12.7 Å². The van der Waals surface area contributed by atoms with Crippen LogP contribution in [0.15, 0.2) is 18.3 Å². The molecule has 1 aromatic rings. The first-order valence-electron chi connectivity index (χ1n) is 11.4. The average molecular weight is 419 g/mol. The molecule has 1 aromatic heterocycles. The Hall–Kier alpha value is -1.90. The predicted molar refractivity (Wildman–Crippen MR) is 120 cm³/mol. The lowest BCUT2D eigenvalue weighted by molar-refractivity contribution is 0.0529. The van der Waals surface area contributed by atoms with Crippen LogP contribution in [-0.2, 0) is 11.3 Å². The number of amides is 2. The van der Waals surface area contributed by atoms with Crippen molar-refractivity contribution in [3.8, 4) is 0 Å². The van der Waals surface area contributed by atoms with Gasteiger partial charge in [0.2, 0.25) is 0 Å². The van der Waals surface area contributed by atoms with Crippen LogP contribution in [0.4, 0.5) is 10.6 Å². The molecule has 0 aromatic carbocycles. The minimum atomic E-state index is -0.113. The summed E-state index contributed by atoms with van der Waals surface area (Å²) in [6.07, 6.45) is 4.21. The molecule has 2 saturated heterocycles. The van der Waals surface area contributed by atoms with E-state index in [9.17, 15) is 4.79 Å². The molecular weight excluding hydrogens is 380 g/mol. The van der Waals surface area contributed by atoms with Gasteiger partial charge < -0.3 is 30.1 Å². The zero-order chi connectivity index (χ0) is 21.2. The first kappa shape index (κ1) is 22.8. The summed E-state index contributed by atoms with van der Waals surface area (Å²) in [5.74, 6) is 0.967. The third-order valence-corrected chi connectivity index (χ3v) is 5.93. The highest BCUT2D eigenvalue weighted by Gasteiger charge is 2.18. The number of morpholine rings is 1. The Bertz CT molecular complexity index is 633. The van der Waals surface area contributed by atoms with Crippen molar-refractivity contribution in [1.82, 2.24) is 25.4 Å². The molecule has 2 amide bonds. The number of ether oxygens (including phenoxy) is 1. The molecule has 8 nitrogen and oxygen atoms in total. The van der Waals surface area contributed by atoms with Crippen molar-refractivity contribution in [1.29, 1.82) is 0 Å². The highest BCUT2D eigenvalue weighted by atomic mass is 16.5. The Kier molecular flexibility index (Phi) is 9.17. The number of nitrogens with one attached hydrogen (secondary N) is 2. The third-order valence-electron chi connectivity index (χ3n) is 5.93. The van der Waals surface area contributed by atoms with Gasteiger partial charge in [-0.15, -0.1) is 0 Å². The zero-order valence-corrected chi connectivity index (χ0v) is 18.6. The van der Waals surface area contributed by atoms with Gasteiger partial charge in [-0.2, -0.15) is 0 Å². The van der Waals surface area contributed by atoms with E-state index in [1.165, 1.54) is 26.2 Å². The maximum atomic E-state index is 12.0. The van der Waals surface area contributed by atoms with Crippen molar-refractivity contribution in [3.05, 3.63) is 23.9 Å². The highest BCUT2D eigenvalue weighted by molar-refractivity contribution is 5.73. The quantitative estimate of drug-likeness (QED) is 0.593. The molecule has 1 atom stereocenters. The lowest BCUT2D eigenvalue weighted by atomic mass is 10.2. The van der Waals surface area contributed by atoms with Crippen LogP contribution in [0.2, 0.25) is 0 Å². The second kappa shape index (κ2) is 12.1. The minimum Gasteiger partial charge on any atom is -0.375 e. The molecule has 3 rings (SSSR count). The average Bonchev–Trinajstić information content (AvgIpc) is 2.78. The third kappa shape index (κ3) is 7.41. The summed E-state index contributed by atoms with van der Waals surface area (Å²) in [5.41, 5.74) is 1.00. The largest absolute Gasteiger partial charge is 0.375 e. The number of anilines is 1. The number of carbonyl (C=O) groups excluding carboxylic acids is 1. The van der Waals surface area contributed by atoms with E-state index in [1.807, 2.05) is 18.3 Å². The van der Waals surface area contributed by atoms with Crippen LogP contribution in [0.25, 0.3) is 0 Å². The van der Waals surface area contributed by atoms with Crippen LogP contribution in [0, 0.1) is 0 Å². The van der Waals surface area contributed by atoms with Crippen LogP contribution in [0.3, 0.4) is 0 Å². The van der Waals surface area contributed by atoms with E-state index in [-0.39, 0.29) is 12.1 Å². The number of aromatic nitrogens is 1. The van der Waals surface area contributed by atoms with Gasteiger partial charge in [-0.25, -0.2) is 9.78 Å². The summed E-state index contributed by atoms with van der Waals surface area (Å²) in [5, 5.41) is 5.87. The lowest BCUT2D eigenvalue weighted by Crippen LogP contribution is -2.46. The smallest absolute Gasteiger partial charge is 0.315 e. The number of nitrogens with zero attached hydrogens (tertiary/aromatic N) is 4. The van der Waals surface area contributed by atoms with Crippen LogP contribution in [0.1, 0.15) is 32.3 Å². The molecular formula is C22H38N6O2. The number of pyridine rings is 1. The van der Waals surface area contributed by atoms with Gasteiger partial charge in [0, 0.05) is 58.6 Å². The fourth-order valence-corrected chi connectivity index (χ4v) is 3.97. The highest BCUT2D eigenvalue weighted by Crippen LogP contribution is 2.15. The van der Waals surface area contributed by atoms with Crippen molar-refractivity contribution in [2.75, 3.05) is 70.4 Å². The monoisotopic (exact) mass is 418 g/mol. The first-order valence-corrected chi connectivity index (χ1v) is 11.4. The number of likely N-dealkylation sites (N-methyl/N-ethyl adjacent to an activating group) is 1. The molecule has 0 radical (unpaired) electrons. The second-order valence-corrected chi connectivity index (χ2v) is 8.24. The summed E-state index contributed by atoms with van der Waals surface area (Å²) in [6, 6.07) is 3.94. The predicted octanol–water partition coefficient (Wildman–Crippen LogP) is 1.52. The fourth-order valence-electron chi connectivity index (χ4n) is 3.97. The molecule has 0 aliphatic carbocycles. The number of hydrogen-bond donors (Lipinski definition) is 2. The van der Waals surface area contributed by atoms with E-state index in [2.05, 4.69) is 44.2 Å². The maximum absolute atomic E-state index is 12.0. The zero-order valence-electron chi connectivity index (χ0n) is 18.6. The minimum absolute atomic E-state index is 0.113. The summed E-state index contributed by atoms with van der Waals surface area (Å²) >= 11 is 0. The van der Waals surface area contributed by atoms with E-state index in [0.717, 1.165) is 57.0 Å². The molecule has 2 aliphatic rings. The van der Waals surface area contributed by atoms with Crippen molar-refractivity contribution in [3.63, 3.8) is 0 Å². The second-order valence-electron chi connectivity index (χ2n) is 8.24. The van der Waals surface area contributed by atoms with E-state index < -0.39 is 0 Å². The number of piperazine rings is 1. The van der Waals surface area contributed by atoms with Crippen LogP contribution in [0.5, 0.6) is 0 Å². The van der Waals surface area contributed by atoms with Crippen molar-refractivity contribution < 1.29 is 9.53 Å². The number of unbranched alkanes of at least 4 members (excludes halogenated alkanes) is 1. The van der Waals surface area contributed by atoms with Gasteiger partial charge in [0.15, 0.2) is 0 Å². The normalized spacial score (nSPS) is 20.9. The summed E-state index contributed by atoms with van der Waals surface area (Å²) in [7, 11) is 0. The fraction of sp³-hybridized carbons (Fsp3) is 0.727. The molecule has 2 fully saturated rings. The lowest BCUT2D eigenvalue weighted by Gasteiger charge is -2.33. The summed E-state index contributed by atoms with van der Waals surface area (Å²) in [4.78, 5) is 23.8. The van der Waals surface area contributed by atoms with Gasteiger partial charge >= 0.3 is 6.03 Å². The standard InChI is InChI=1S/C22H38N6O2/c1-3-26-10-12-27(13-11-26)9-5-4-8-23-22(29)25-17-20-6-7-21(24-16-20)28-14-15-30-19(2)18-28/h6-7,16,19H,3-5,8-15,17-18H2,1-2H3,(H2,23,25,29). The molecule has 3 heterocycles. The molecule has 0 saturated carbocycles. The number of urea groups is 1. The van der Waals surface area contributed by atoms with Gasteiger partial charge in [-0.1, -0.05) is 13.0 Å². The topological polar surface area (TPSA) is 73.0 Å². The Morgan fingerprint density at radius 2 is 1.93 bits per heavy atom. The molecule has 0 bridgehead atoms. The molecule has 2 N–H and O–H groups in total. The van der Waals surface area contributed by atoms with E-state index in [1.54, 1.807) is 0 Å². The Labute approximate surface area is 180 Å². The van der Waals surface area contributed by atoms with Crippen molar-refractivity contribution in [2.24, 2.45) is 0 Å². The molecule has 168 valence electrons. The Balaban J connectivity index is 1.25. The van der Waals surface area contributed by atoms with Crippen molar-refractivity contribution >= 4 is 11.8 Å². The van der Waals surface area contributed by atoms with E-state index in [4.69, 9.17) is 4.74 Å². The van der Waals surface area contributed by atoms with Gasteiger partial charge in [-0.05, 0) is 44.5 Å². The molecule has 30 heavy (non-hydrogen) atoms. The van der Waals surface area contributed by atoms with Gasteiger partial charge in [0.1, 0.15) is 5.82 Å². The number of hydrogen-bond acceptors (Lipinski definition) is 6. The number of rotatable bonds is 9. The number of carbonyl (C=O) groups is 1.